The smallest absolute Gasteiger partial charge is 0.255 e. The maximum Gasteiger partial charge on any atom is 0.255 e. The van der Waals surface area contributed by atoms with E-state index in [-0.39, 0.29) is 17.9 Å². The Morgan fingerprint density at radius 2 is 1.93 bits per heavy atom. The van der Waals surface area contributed by atoms with Crippen LogP contribution in [0.2, 0.25) is 0 Å². The summed E-state index contributed by atoms with van der Waals surface area (Å²) >= 11 is 0. The molecule has 2 N–H and O–H groups in total. The van der Waals surface area contributed by atoms with Crippen molar-refractivity contribution in [1.29, 1.82) is 0 Å². The molecule has 2 aromatic heterocycles. The summed E-state index contributed by atoms with van der Waals surface area (Å²) in [5, 5.41) is 4.05. The number of rotatable bonds is 3. The minimum absolute atomic E-state index is 0.0990. The number of nitrogens with one attached hydrogen (secondary N) is 2. The van der Waals surface area contributed by atoms with Crippen LogP contribution in [0.1, 0.15) is 39.0 Å². The van der Waals surface area contributed by atoms with Crippen molar-refractivity contribution in [3.05, 3.63) is 95.1 Å². The third-order valence-electron chi connectivity index (χ3n) is 6.17. The third kappa shape index (κ3) is 2.37. The standard InChI is InChI=1S/C24H19N3O3/c28-23(25-13-14-6-5-11-30-14)20-12-18-15-7-3-4-10-19(15)26-21(18)22-16-8-1-2-9-17(16)24(29)27(20)22/h1-11,20,22,26H,12-13H2,(H,25,28)/t20-,22+/m0/s1. The van der Waals surface area contributed by atoms with Gasteiger partial charge >= 0.3 is 0 Å². The van der Waals surface area contributed by atoms with Crippen molar-refractivity contribution in [1.82, 2.24) is 15.2 Å². The van der Waals surface area contributed by atoms with Crippen molar-refractivity contribution in [2.45, 2.75) is 25.0 Å². The van der Waals surface area contributed by atoms with E-state index in [0.29, 0.717) is 24.3 Å². The highest BCUT2D eigenvalue weighted by molar-refractivity contribution is 6.03. The molecule has 0 spiro atoms. The second-order valence-electron chi connectivity index (χ2n) is 7.78. The average Bonchev–Trinajstić information content (AvgIpc) is 3.49. The van der Waals surface area contributed by atoms with E-state index in [9.17, 15) is 9.59 Å². The quantitative estimate of drug-likeness (QED) is 0.555. The molecule has 0 fully saturated rings. The summed E-state index contributed by atoms with van der Waals surface area (Å²) in [4.78, 5) is 31.8. The number of H-pyrrole nitrogens is 1. The Morgan fingerprint density at radius 1 is 1.10 bits per heavy atom. The number of hydrogen-bond donors (Lipinski definition) is 2. The van der Waals surface area contributed by atoms with E-state index in [2.05, 4.69) is 16.4 Å². The molecule has 0 unspecified atom stereocenters. The number of fused-ring (bicyclic) bond motifs is 7. The van der Waals surface area contributed by atoms with Crippen LogP contribution in [-0.4, -0.2) is 27.7 Å². The normalized spacial score (nSPS) is 19.5. The summed E-state index contributed by atoms with van der Waals surface area (Å²) in [5.41, 5.74) is 4.74. The molecule has 0 radical (unpaired) electrons. The number of hydrogen-bond acceptors (Lipinski definition) is 3. The van der Waals surface area contributed by atoms with Gasteiger partial charge < -0.3 is 19.6 Å². The fourth-order valence-electron chi connectivity index (χ4n) is 4.84. The largest absolute Gasteiger partial charge is 0.467 e. The van der Waals surface area contributed by atoms with Gasteiger partial charge in [0.25, 0.3) is 5.91 Å². The van der Waals surface area contributed by atoms with E-state index < -0.39 is 6.04 Å². The topological polar surface area (TPSA) is 78.3 Å². The molecule has 4 heterocycles. The van der Waals surface area contributed by atoms with Gasteiger partial charge in [0.1, 0.15) is 11.8 Å². The van der Waals surface area contributed by atoms with Crippen LogP contribution in [0.25, 0.3) is 10.9 Å². The van der Waals surface area contributed by atoms with E-state index in [1.165, 1.54) is 0 Å². The van der Waals surface area contributed by atoms with Crippen molar-refractivity contribution in [2.24, 2.45) is 0 Å². The first-order chi connectivity index (χ1) is 14.7. The van der Waals surface area contributed by atoms with E-state index in [1.807, 2.05) is 48.5 Å². The predicted octanol–water partition coefficient (Wildman–Crippen LogP) is 3.55. The summed E-state index contributed by atoms with van der Waals surface area (Å²) in [7, 11) is 0. The van der Waals surface area contributed by atoms with Crippen LogP contribution < -0.4 is 5.32 Å². The zero-order valence-corrected chi connectivity index (χ0v) is 16.1. The Hall–Kier alpha value is -3.80. The zero-order valence-electron chi connectivity index (χ0n) is 16.1. The highest BCUT2D eigenvalue weighted by atomic mass is 16.3. The molecule has 2 aromatic carbocycles. The monoisotopic (exact) mass is 397 g/mol. The number of aromatic nitrogens is 1. The minimum Gasteiger partial charge on any atom is -0.467 e. The van der Waals surface area contributed by atoms with Gasteiger partial charge in [-0.2, -0.15) is 0 Å². The number of furan rings is 1. The molecule has 2 aliphatic rings. The van der Waals surface area contributed by atoms with Crippen molar-refractivity contribution in [3.63, 3.8) is 0 Å². The SMILES string of the molecule is O=C(NCc1ccco1)[C@@H]1Cc2c([nH]c3ccccc23)[C@H]2c3ccccc3C(=O)N21. The lowest BCUT2D eigenvalue weighted by Crippen LogP contribution is -2.52. The van der Waals surface area contributed by atoms with Gasteiger partial charge in [-0.1, -0.05) is 36.4 Å². The Balaban J connectivity index is 1.46. The molecule has 0 saturated heterocycles. The van der Waals surface area contributed by atoms with Gasteiger partial charge in [-0.05, 0) is 35.4 Å². The number of benzene rings is 2. The van der Waals surface area contributed by atoms with Crippen LogP contribution in [0.5, 0.6) is 0 Å². The number of amides is 2. The van der Waals surface area contributed by atoms with Gasteiger partial charge in [0.2, 0.25) is 5.91 Å². The van der Waals surface area contributed by atoms with Crippen LogP contribution in [0, 0.1) is 0 Å². The van der Waals surface area contributed by atoms with Crippen LogP contribution in [0.4, 0.5) is 0 Å². The van der Waals surface area contributed by atoms with Crippen molar-refractivity contribution >= 4 is 22.7 Å². The van der Waals surface area contributed by atoms with Gasteiger partial charge in [0.15, 0.2) is 0 Å². The maximum atomic E-state index is 13.3. The molecule has 6 heteroatoms. The van der Waals surface area contributed by atoms with E-state index in [0.717, 1.165) is 27.7 Å². The Kier molecular flexibility index (Phi) is 3.62. The second kappa shape index (κ2) is 6.35. The lowest BCUT2D eigenvalue weighted by atomic mass is 9.90. The van der Waals surface area contributed by atoms with E-state index in [1.54, 1.807) is 17.2 Å². The lowest BCUT2D eigenvalue weighted by Gasteiger charge is -2.37. The second-order valence-corrected chi connectivity index (χ2v) is 7.78. The maximum absolute atomic E-state index is 13.3. The molecule has 30 heavy (non-hydrogen) atoms. The predicted molar refractivity (Wildman–Crippen MR) is 111 cm³/mol. The van der Waals surface area contributed by atoms with Gasteiger partial charge in [0.05, 0.1) is 18.8 Å². The summed E-state index contributed by atoms with van der Waals surface area (Å²) in [6.45, 7) is 0.294. The Labute approximate surface area is 172 Å². The molecular formula is C24H19N3O3. The fraction of sp³-hybridized carbons (Fsp3) is 0.167. The average molecular weight is 397 g/mol. The molecule has 2 amide bonds. The highest BCUT2D eigenvalue weighted by Crippen LogP contribution is 2.46. The molecule has 4 aromatic rings. The van der Waals surface area contributed by atoms with Gasteiger partial charge in [-0.25, -0.2) is 0 Å². The van der Waals surface area contributed by atoms with Crippen molar-refractivity contribution in [3.8, 4) is 0 Å². The zero-order chi connectivity index (χ0) is 20.2. The van der Waals surface area contributed by atoms with Crippen LogP contribution >= 0.6 is 0 Å². The fourth-order valence-corrected chi connectivity index (χ4v) is 4.84. The van der Waals surface area contributed by atoms with E-state index >= 15 is 0 Å². The molecule has 6 rings (SSSR count). The number of para-hydroxylation sites is 1. The van der Waals surface area contributed by atoms with Gasteiger partial charge in [-0.15, -0.1) is 0 Å². The Morgan fingerprint density at radius 3 is 2.80 bits per heavy atom. The van der Waals surface area contributed by atoms with Crippen molar-refractivity contribution in [2.75, 3.05) is 0 Å². The first kappa shape index (κ1) is 17.1. The lowest BCUT2D eigenvalue weighted by molar-refractivity contribution is -0.126. The molecule has 148 valence electrons. The van der Waals surface area contributed by atoms with Gasteiger partial charge in [0, 0.05) is 28.6 Å². The number of aromatic amines is 1. The summed E-state index contributed by atoms with van der Waals surface area (Å²) in [6, 6.07) is 18.5. The van der Waals surface area contributed by atoms with Gasteiger partial charge in [-0.3, -0.25) is 9.59 Å². The summed E-state index contributed by atoms with van der Waals surface area (Å²) < 4.78 is 5.33. The highest BCUT2D eigenvalue weighted by Gasteiger charge is 2.48. The number of nitrogens with zero attached hydrogens (tertiary/aromatic N) is 1. The first-order valence-electron chi connectivity index (χ1n) is 10.0. The minimum atomic E-state index is -0.587. The van der Waals surface area contributed by atoms with Crippen molar-refractivity contribution < 1.29 is 14.0 Å². The van der Waals surface area contributed by atoms with Crippen LogP contribution in [-0.2, 0) is 17.8 Å². The number of carbonyl (C=O) groups excluding carboxylic acids is 2. The molecule has 2 atom stereocenters. The molecule has 0 saturated carbocycles. The third-order valence-corrected chi connectivity index (χ3v) is 6.17. The number of carbonyl (C=O) groups is 2. The van der Waals surface area contributed by atoms with Crippen LogP contribution in [0.15, 0.2) is 71.3 Å². The summed E-state index contributed by atoms with van der Waals surface area (Å²) in [5.74, 6) is 0.408. The molecule has 0 bridgehead atoms. The molecule has 6 nitrogen and oxygen atoms in total. The van der Waals surface area contributed by atoms with E-state index in [4.69, 9.17) is 4.42 Å². The summed E-state index contributed by atoms with van der Waals surface area (Å²) in [6.07, 6.45) is 2.05. The van der Waals surface area contributed by atoms with Crippen LogP contribution in [0.3, 0.4) is 0 Å². The Bertz CT molecular complexity index is 1290. The molecule has 2 aliphatic heterocycles. The first-order valence-corrected chi connectivity index (χ1v) is 10.0. The molecular weight excluding hydrogens is 378 g/mol. The molecule has 0 aliphatic carbocycles.